The maximum absolute atomic E-state index is 10.2. The Morgan fingerprint density at radius 3 is 2.38 bits per heavy atom. The third-order valence-corrected chi connectivity index (χ3v) is 5.09. The number of methoxy groups -OCH3 is 2. The molecule has 166 valence electrons. The third-order valence-electron chi connectivity index (χ3n) is 5.09. The van der Waals surface area contributed by atoms with Gasteiger partial charge in [-0.15, -0.1) is 0 Å². The molecule has 0 aliphatic carbocycles. The van der Waals surface area contributed by atoms with E-state index in [0.717, 1.165) is 22.5 Å². The van der Waals surface area contributed by atoms with Gasteiger partial charge in [0.25, 0.3) is 0 Å². The van der Waals surface area contributed by atoms with Gasteiger partial charge in [-0.3, -0.25) is 9.67 Å². The van der Waals surface area contributed by atoms with Gasteiger partial charge in [0.05, 0.1) is 62.6 Å². The van der Waals surface area contributed by atoms with E-state index in [1.807, 2.05) is 48.5 Å². The first-order chi connectivity index (χ1) is 15.5. The highest BCUT2D eigenvalue weighted by Crippen LogP contribution is 2.34. The van der Waals surface area contributed by atoms with E-state index in [2.05, 4.69) is 10.1 Å². The van der Waals surface area contributed by atoms with Gasteiger partial charge in [0, 0.05) is 48.4 Å². The normalized spacial score (nSPS) is 12.0. The second-order valence-electron chi connectivity index (χ2n) is 7.35. The van der Waals surface area contributed by atoms with Crippen LogP contribution in [0.25, 0.3) is 22.3 Å². The Hall–Kier alpha value is -3.69. The van der Waals surface area contributed by atoms with Crippen LogP contribution in [0.1, 0.15) is 0 Å². The summed E-state index contributed by atoms with van der Waals surface area (Å²) in [7, 11) is 5.01. The monoisotopic (exact) mass is 435 g/mol. The molecule has 9 heteroatoms. The second-order valence-corrected chi connectivity index (χ2v) is 7.35. The molecule has 2 N–H and O–H groups in total. The van der Waals surface area contributed by atoms with Gasteiger partial charge in [0.2, 0.25) is 0 Å². The Kier molecular flexibility index (Phi) is 6.20. The van der Waals surface area contributed by atoms with Crippen LogP contribution in [0.3, 0.4) is 0 Å². The molecule has 2 aromatic carbocycles. The lowest BCUT2D eigenvalue weighted by molar-refractivity contribution is 0.102. The number of aliphatic hydroxyl groups excluding tert-OH is 2. The van der Waals surface area contributed by atoms with Crippen LogP contribution >= 0.6 is 0 Å². The molecule has 4 aromatic rings. The van der Waals surface area contributed by atoms with Crippen LogP contribution in [0.2, 0.25) is 0 Å². The summed E-state index contributed by atoms with van der Waals surface area (Å²) in [6.45, 7) is -0.204. The molecular formula is C23H25N5O4. The van der Waals surface area contributed by atoms with E-state index in [4.69, 9.17) is 14.5 Å². The third kappa shape index (κ3) is 4.48. The van der Waals surface area contributed by atoms with Crippen molar-refractivity contribution in [3.05, 3.63) is 55.0 Å². The SMILES string of the molecule is COc1cc(OC)cc(N(C[C@H](O)CO)c2ccc3ncc(-c4cnn(C)c4)nc3c2)c1. The fourth-order valence-corrected chi connectivity index (χ4v) is 3.44. The summed E-state index contributed by atoms with van der Waals surface area (Å²) in [5, 5.41) is 23.9. The van der Waals surface area contributed by atoms with E-state index in [1.54, 1.807) is 37.4 Å². The van der Waals surface area contributed by atoms with Gasteiger partial charge in [0.1, 0.15) is 11.5 Å². The summed E-state index contributed by atoms with van der Waals surface area (Å²) >= 11 is 0. The number of hydrogen-bond acceptors (Lipinski definition) is 8. The van der Waals surface area contributed by atoms with Crippen molar-refractivity contribution in [1.29, 1.82) is 0 Å². The van der Waals surface area contributed by atoms with E-state index >= 15 is 0 Å². The van der Waals surface area contributed by atoms with Gasteiger partial charge < -0.3 is 24.6 Å². The molecule has 0 saturated carbocycles. The van der Waals surface area contributed by atoms with Crippen molar-refractivity contribution in [2.45, 2.75) is 6.10 Å². The fraction of sp³-hybridized carbons (Fsp3) is 0.261. The van der Waals surface area contributed by atoms with Gasteiger partial charge in [-0.05, 0) is 18.2 Å². The number of ether oxygens (including phenoxy) is 2. The van der Waals surface area contributed by atoms with Crippen molar-refractivity contribution in [1.82, 2.24) is 19.7 Å². The maximum Gasteiger partial charge on any atom is 0.124 e. The topological polar surface area (TPSA) is 106 Å². The predicted molar refractivity (Wildman–Crippen MR) is 121 cm³/mol. The minimum Gasteiger partial charge on any atom is -0.497 e. The van der Waals surface area contributed by atoms with E-state index in [1.165, 1.54) is 0 Å². The second kappa shape index (κ2) is 9.21. The van der Waals surface area contributed by atoms with Crippen molar-refractivity contribution in [2.75, 3.05) is 32.3 Å². The van der Waals surface area contributed by atoms with Crippen molar-refractivity contribution in [2.24, 2.45) is 7.05 Å². The number of benzene rings is 2. The average Bonchev–Trinajstić information content (AvgIpc) is 3.27. The molecule has 0 spiro atoms. The number of fused-ring (bicyclic) bond motifs is 1. The Balaban J connectivity index is 1.80. The minimum absolute atomic E-state index is 0.161. The first-order valence-electron chi connectivity index (χ1n) is 10.1. The molecule has 0 unspecified atom stereocenters. The molecule has 0 radical (unpaired) electrons. The minimum atomic E-state index is -0.948. The van der Waals surface area contributed by atoms with Crippen molar-refractivity contribution < 1.29 is 19.7 Å². The first-order valence-corrected chi connectivity index (χ1v) is 10.1. The number of aryl methyl sites for hydroxylation is 1. The van der Waals surface area contributed by atoms with Crippen LogP contribution in [-0.4, -0.2) is 63.4 Å². The van der Waals surface area contributed by atoms with Crippen molar-refractivity contribution >= 4 is 22.4 Å². The number of nitrogens with zero attached hydrogens (tertiary/aromatic N) is 5. The molecule has 0 aliphatic rings. The Morgan fingerprint density at radius 2 is 1.75 bits per heavy atom. The Bertz CT molecular complexity index is 1200. The number of aliphatic hydroxyl groups is 2. The lowest BCUT2D eigenvalue weighted by Crippen LogP contribution is -2.31. The zero-order chi connectivity index (χ0) is 22.7. The predicted octanol–water partition coefficient (Wildman–Crippen LogP) is 2.54. The summed E-state index contributed by atoms with van der Waals surface area (Å²) in [5.41, 5.74) is 4.54. The lowest BCUT2D eigenvalue weighted by Gasteiger charge is -2.28. The average molecular weight is 435 g/mol. The van der Waals surface area contributed by atoms with E-state index in [9.17, 15) is 10.2 Å². The van der Waals surface area contributed by atoms with Crippen LogP contribution < -0.4 is 14.4 Å². The molecule has 0 aliphatic heterocycles. The van der Waals surface area contributed by atoms with E-state index in [0.29, 0.717) is 22.7 Å². The molecule has 9 nitrogen and oxygen atoms in total. The standard InChI is InChI=1S/C23H25N5O4/c1-27-12-15(10-25-27)23-11-24-21-5-4-16(8-22(21)26-23)28(13-18(30)14-29)17-6-19(31-2)9-20(7-17)32-3/h4-12,18,29-30H,13-14H2,1-3H3/t18-/m0/s1. The van der Waals surface area contributed by atoms with Crippen LogP contribution in [0.4, 0.5) is 11.4 Å². The molecule has 0 saturated heterocycles. The zero-order valence-corrected chi connectivity index (χ0v) is 18.1. The zero-order valence-electron chi connectivity index (χ0n) is 18.1. The molecule has 1 atom stereocenters. The van der Waals surface area contributed by atoms with Crippen LogP contribution in [-0.2, 0) is 7.05 Å². The summed E-state index contributed by atoms with van der Waals surface area (Å²) in [4.78, 5) is 11.2. The van der Waals surface area contributed by atoms with Crippen LogP contribution in [0.15, 0.2) is 55.0 Å². The largest absolute Gasteiger partial charge is 0.497 e. The van der Waals surface area contributed by atoms with Gasteiger partial charge in [-0.25, -0.2) is 4.98 Å². The summed E-state index contributed by atoms with van der Waals surface area (Å²) in [6, 6.07) is 11.1. The van der Waals surface area contributed by atoms with Crippen LogP contribution in [0, 0.1) is 0 Å². The van der Waals surface area contributed by atoms with Gasteiger partial charge in [-0.1, -0.05) is 0 Å². The maximum atomic E-state index is 10.2. The van der Waals surface area contributed by atoms with Gasteiger partial charge >= 0.3 is 0 Å². The number of hydrogen-bond donors (Lipinski definition) is 2. The Labute approximate surface area is 185 Å². The number of aromatic nitrogens is 4. The summed E-state index contributed by atoms with van der Waals surface area (Å²) < 4.78 is 12.5. The van der Waals surface area contributed by atoms with Crippen molar-refractivity contribution in [3.63, 3.8) is 0 Å². The molecule has 32 heavy (non-hydrogen) atoms. The van der Waals surface area contributed by atoms with Crippen molar-refractivity contribution in [3.8, 4) is 22.8 Å². The smallest absolute Gasteiger partial charge is 0.124 e. The quantitative estimate of drug-likeness (QED) is 0.435. The fourth-order valence-electron chi connectivity index (χ4n) is 3.44. The number of rotatable bonds is 8. The van der Waals surface area contributed by atoms with Crippen LogP contribution in [0.5, 0.6) is 11.5 Å². The number of anilines is 2. The summed E-state index contributed by atoms with van der Waals surface area (Å²) in [5.74, 6) is 1.23. The highest BCUT2D eigenvalue weighted by Gasteiger charge is 2.17. The first kappa shape index (κ1) is 21.5. The van der Waals surface area contributed by atoms with Gasteiger partial charge in [0.15, 0.2) is 0 Å². The molecule has 0 bridgehead atoms. The van der Waals surface area contributed by atoms with E-state index < -0.39 is 6.10 Å². The molecule has 2 heterocycles. The highest BCUT2D eigenvalue weighted by molar-refractivity contribution is 5.82. The summed E-state index contributed by atoms with van der Waals surface area (Å²) in [6.07, 6.45) is 4.40. The molecule has 0 amide bonds. The molecular weight excluding hydrogens is 410 g/mol. The highest BCUT2D eigenvalue weighted by atomic mass is 16.5. The lowest BCUT2D eigenvalue weighted by atomic mass is 10.1. The molecule has 4 rings (SSSR count). The van der Waals surface area contributed by atoms with Gasteiger partial charge in [-0.2, -0.15) is 5.10 Å². The molecule has 0 fully saturated rings. The molecule has 2 aromatic heterocycles. The Morgan fingerprint density at radius 1 is 1.00 bits per heavy atom. The van der Waals surface area contributed by atoms with E-state index in [-0.39, 0.29) is 13.2 Å².